The number of halogens is 2. The molecule has 114 valence electrons. The maximum absolute atomic E-state index is 12.0. The number of aromatic nitrogens is 2. The Morgan fingerprint density at radius 2 is 2.00 bits per heavy atom. The van der Waals surface area contributed by atoms with Gasteiger partial charge >= 0.3 is 0 Å². The fourth-order valence-electron chi connectivity index (χ4n) is 1.73. The van der Waals surface area contributed by atoms with Crippen LogP contribution in [0.15, 0.2) is 36.9 Å². The normalized spacial score (nSPS) is 10.1. The van der Waals surface area contributed by atoms with E-state index in [1.54, 1.807) is 37.3 Å². The number of carbonyl (C=O) groups excluding carboxylic acids is 1. The zero-order valence-corrected chi connectivity index (χ0v) is 13.4. The molecule has 2 rings (SSSR count). The molecule has 1 aromatic carbocycles. The first-order chi connectivity index (χ1) is 10.5. The van der Waals surface area contributed by atoms with E-state index in [1.807, 2.05) is 0 Å². The summed E-state index contributed by atoms with van der Waals surface area (Å²) in [6, 6.07) is 6.73. The topological polar surface area (TPSA) is 66.9 Å². The van der Waals surface area contributed by atoms with E-state index in [4.69, 9.17) is 23.2 Å². The third-order valence-corrected chi connectivity index (χ3v) is 3.32. The SMILES string of the molecule is C=CCNC(=O)c1cc(C)nc(Nc2c(Cl)cccc2Cl)n1. The largest absolute Gasteiger partial charge is 0.347 e. The van der Waals surface area contributed by atoms with E-state index in [-0.39, 0.29) is 17.5 Å². The van der Waals surface area contributed by atoms with Gasteiger partial charge in [0, 0.05) is 12.2 Å². The molecule has 0 aliphatic carbocycles. The predicted molar refractivity (Wildman–Crippen MR) is 89.0 cm³/mol. The van der Waals surface area contributed by atoms with E-state index < -0.39 is 0 Å². The summed E-state index contributed by atoms with van der Waals surface area (Å²) >= 11 is 12.2. The van der Waals surface area contributed by atoms with Gasteiger partial charge in [0.1, 0.15) is 5.69 Å². The number of nitrogens with one attached hydrogen (secondary N) is 2. The fourth-order valence-corrected chi connectivity index (χ4v) is 2.22. The highest BCUT2D eigenvalue weighted by Gasteiger charge is 2.12. The molecule has 1 amide bonds. The molecule has 0 aliphatic rings. The van der Waals surface area contributed by atoms with Crippen LogP contribution >= 0.6 is 23.2 Å². The Labute approximate surface area is 138 Å². The van der Waals surface area contributed by atoms with E-state index in [0.29, 0.717) is 28.0 Å². The first-order valence-electron chi connectivity index (χ1n) is 6.47. The first kappa shape index (κ1) is 16.3. The molecule has 5 nitrogen and oxygen atoms in total. The van der Waals surface area contributed by atoms with E-state index in [2.05, 4.69) is 27.2 Å². The second-order valence-corrected chi connectivity index (χ2v) is 5.25. The van der Waals surface area contributed by atoms with Crippen molar-refractivity contribution in [3.05, 3.63) is 58.4 Å². The summed E-state index contributed by atoms with van der Waals surface area (Å²) in [4.78, 5) is 20.4. The highest BCUT2D eigenvalue weighted by Crippen LogP contribution is 2.31. The Balaban J connectivity index is 2.30. The molecule has 2 aromatic rings. The van der Waals surface area contributed by atoms with Crippen LogP contribution in [0.25, 0.3) is 0 Å². The molecular weight excluding hydrogens is 323 g/mol. The average Bonchev–Trinajstić information content (AvgIpc) is 2.48. The number of anilines is 2. The van der Waals surface area contributed by atoms with Gasteiger partial charge in [-0.05, 0) is 25.1 Å². The standard InChI is InChI=1S/C15H14Cl2N4O/c1-3-7-18-14(22)12-8-9(2)19-15(20-12)21-13-10(16)5-4-6-11(13)17/h3-6,8H,1,7H2,2H3,(H,18,22)(H,19,20,21). The monoisotopic (exact) mass is 336 g/mol. The van der Waals surface area contributed by atoms with Gasteiger partial charge in [-0.1, -0.05) is 35.3 Å². The Hall–Kier alpha value is -2.11. The summed E-state index contributed by atoms with van der Waals surface area (Å²) in [5, 5.41) is 6.49. The lowest BCUT2D eigenvalue weighted by molar-refractivity contribution is 0.0953. The van der Waals surface area contributed by atoms with E-state index in [1.165, 1.54) is 0 Å². The summed E-state index contributed by atoms with van der Waals surface area (Å²) < 4.78 is 0. The van der Waals surface area contributed by atoms with Crippen molar-refractivity contribution in [1.29, 1.82) is 0 Å². The third-order valence-electron chi connectivity index (χ3n) is 2.69. The highest BCUT2D eigenvalue weighted by molar-refractivity contribution is 6.39. The van der Waals surface area contributed by atoms with Gasteiger partial charge in [-0.2, -0.15) is 0 Å². The van der Waals surface area contributed by atoms with Crippen LogP contribution in [0.3, 0.4) is 0 Å². The zero-order chi connectivity index (χ0) is 16.1. The summed E-state index contributed by atoms with van der Waals surface area (Å²) in [6.45, 7) is 5.68. The fraction of sp³-hybridized carbons (Fsp3) is 0.133. The Kier molecular flexibility index (Phi) is 5.35. The van der Waals surface area contributed by atoms with Crippen LogP contribution < -0.4 is 10.6 Å². The van der Waals surface area contributed by atoms with Crippen molar-refractivity contribution in [1.82, 2.24) is 15.3 Å². The number of hydrogen-bond acceptors (Lipinski definition) is 4. The number of amides is 1. The predicted octanol–water partition coefficient (Wildman–Crippen LogP) is 3.75. The van der Waals surface area contributed by atoms with E-state index >= 15 is 0 Å². The summed E-state index contributed by atoms with van der Waals surface area (Å²) in [7, 11) is 0. The van der Waals surface area contributed by atoms with Gasteiger partial charge in [-0.3, -0.25) is 4.79 Å². The van der Waals surface area contributed by atoms with Gasteiger partial charge in [-0.25, -0.2) is 9.97 Å². The van der Waals surface area contributed by atoms with Crippen LogP contribution in [0.2, 0.25) is 10.0 Å². The van der Waals surface area contributed by atoms with Crippen LogP contribution in [0.5, 0.6) is 0 Å². The van der Waals surface area contributed by atoms with Crippen molar-refractivity contribution in [3.8, 4) is 0 Å². The summed E-state index contributed by atoms with van der Waals surface area (Å²) in [5.74, 6) is -0.0579. The quantitative estimate of drug-likeness (QED) is 0.816. The van der Waals surface area contributed by atoms with Gasteiger partial charge in [0.25, 0.3) is 5.91 Å². The summed E-state index contributed by atoms with van der Waals surface area (Å²) in [5.41, 5.74) is 1.39. The molecule has 1 heterocycles. The van der Waals surface area contributed by atoms with Crippen molar-refractivity contribution in [3.63, 3.8) is 0 Å². The maximum atomic E-state index is 12.0. The lowest BCUT2D eigenvalue weighted by atomic mass is 10.3. The molecule has 22 heavy (non-hydrogen) atoms. The molecule has 0 radical (unpaired) electrons. The minimum Gasteiger partial charge on any atom is -0.347 e. The second-order valence-electron chi connectivity index (χ2n) is 4.44. The Morgan fingerprint density at radius 3 is 2.64 bits per heavy atom. The Bertz CT molecular complexity index is 698. The molecule has 0 unspecified atom stereocenters. The summed E-state index contributed by atoms with van der Waals surface area (Å²) in [6.07, 6.45) is 1.59. The van der Waals surface area contributed by atoms with Crippen LogP contribution in [0.4, 0.5) is 11.6 Å². The lowest BCUT2D eigenvalue weighted by Crippen LogP contribution is -2.24. The van der Waals surface area contributed by atoms with E-state index in [0.717, 1.165) is 0 Å². The molecule has 0 bridgehead atoms. The molecular formula is C15H14Cl2N4O. The van der Waals surface area contributed by atoms with Crippen molar-refractivity contribution in [2.24, 2.45) is 0 Å². The molecule has 0 fully saturated rings. The average molecular weight is 337 g/mol. The van der Waals surface area contributed by atoms with Crippen molar-refractivity contribution in [2.75, 3.05) is 11.9 Å². The second kappa shape index (κ2) is 7.24. The van der Waals surface area contributed by atoms with Gasteiger partial charge in [0.05, 0.1) is 15.7 Å². The van der Waals surface area contributed by atoms with Crippen LogP contribution in [-0.2, 0) is 0 Å². The smallest absolute Gasteiger partial charge is 0.270 e. The van der Waals surface area contributed by atoms with Gasteiger partial charge in [0.2, 0.25) is 5.95 Å². The van der Waals surface area contributed by atoms with Crippen LogP contribution in [0.1, 0.15) is 16.2 Å². The molecule has 1 aromatic heterocycles. The molecule has 0 aliphatic heterocycles. The molecule has 0 spiro atoms. The Morgan fingerprint density at radius 1 is 1.32 bits per heavy atom. The number of para-hydroxylation sites is 1. The molecule has 0 atom stereocenters. The minimum absolute atomic E-state index is 0.249. The number of hydrogen-bond donors (Lipinski definition) is 2. The van der Waals surface area contributed by atoms with E-state index in [9.17, 15) is 4.79 Å². The molecule has 0 saturated carbocycles. The van der Waals surface area contributed by atoms with Crippen molar-refractivity contribution >= 4 is 40.7 Å². The maximum Gasteiger partial charge on any atom is 0.270 e. The number of aryl methyl sites for hydroxylation is 1. The lowest BCUT2D eigenvalue weighted by Gasteiger charge is -2.10. The third kappa shape index (κ3) is 3.96. The number of nitrogens with zero attached hydrogens (tertiary/aromatic N) is 2. The minimum atomic E-state index is -0.307. The molecule has 2 N–H and O–H groups in total. The van der Waals surface area contributed by atoms with Crippen LogP contribution in [-0.4, -0.2) is 22.4 Å². The molecule has 7 heteroatoms. The zero-order valence-electron chi connectivity index (χ0n) is 11.9. The first-order valence-corrected chi connectivity index (χ1v) is 7.22. The van der Waals surface area contributed by atoms with Gasteiger partial charge in [-0.15, -0.1) is 6.58 Å². The molecule has 0 saturated heterocycles. The van der Waals surface area contributed by atoms with Crippen LogP contribution in [0, 0.1) is 6.92 Å². The highest BCUT2D eigenvalue weighted by atomic mass is 35.5. The van der Waals surface area contributed by atoms with Gasteiger partial charge < -0.3 is 10.6 Å². The van der Waals surface area contributed by atoms with Crippen molar-refractivity contribution < 1.29 is 4.79 Å². The van der Waals surface area contributed by atoms with Crippen molar-refractivity contribution in [2.45, 2.75) is 6.92 Å². The number of rotatable bonds is 5. The number of benzene rings is 1. The number of carbonyl (C=O) groups is 1. The van der Waals surface area contributed by atoms with Gasteiger partial charge in [0.15, 0.2) is 0 Å².